The van der Waals surface area contributed by atoms with Gasteiger partial charge in [0.25, 0.3) is 0 Å². The van der Waals surface area contributed by atoms with Gasteiger partial charge in [0.15, 0.2) is 0 Å². The van der Waals surface area contributed by atoms with Gasteiger partial charge in [-0.2, -0.15) is 0 Å². The fraction of sp³-hybridized carbons (Fsp3) is 0.185. The maximum Gasteiger partial charge on any atom is 0.0491 e. The summed E-state index contributed by atoms with van der Waals surface area (Å²) in [5.74, 6) is 0. The van der Waals surface area contributed by atoms with Crippen LogP contribution in [0, 0.1) is 13.8 Å². The molecular formula is C54H52N2. The van der Waals surface area contributed by atoms with Gasteiger partial charge in [-0.15, -0.1) is 0 Å². The average Bonchev–Trinajstić information content (AvgIpc) is 3.24. The summed E-state index contributed by atoms with van der Waals surface area (Å²) in [6.07, 6.45) is 7.06. The summed E-state index contributed by atoms with van der Waals surface area (Å²) in [5, 5.41) is 4.98. The highest BCUT2D eigenvalue weighted by Gasteiger charge is 2.19. The molecule has 0 aliphatic carbocycles. The minimum atomic E-state index is 1.12. The van der Waals surface area contributed by atoms with Crippen molar-refractivity contribution in [2.75, 3.05) is 9.80 Å². The van der Waals surface area contributed by atoms with Crippen molar-refractivity contribution < 1.29 is 0 Å². The second kappa shape index (κ2) is 16.7. The number of benzene rings is 8. The monoisotopic (exact) mass is 728 g/mol. The van der Waals surface area contributed by atoms with Gasteiger partial charge in [-0.05, 0) is 167 Å². The average molecular weight is 729 g/mol. The number of rotatable bonds is 13. The lowest BCUT2D eigenvalue weighted by Gasteiger charge is -2.28. The van der Waals surface area contributed by atoms with Gasteiger partial charge in [0.05, 0.1) is 0 Å². The highest BCUT2D eigenvalue weighted by Crippen LogP contribution is 2.42. The van der Waals surface area contributed by atoms with Crippen LogP contribution in [0.4, 0.5) is 34.1 Å². The Kier molecular flexibility index (Phi) is 11.0. The third-order valence-corrected chi connectivity index (χ3v) is 11.2. The number of hydrogen-bond acceptors (Lipinski definition) is 2. The summed E-state index contributed by atoms with van der Waals surface area (Å²) in [6.45, 7) is 9.00. The topological polar surface area (TPSA) is 6.48 Å². The smallest absolute Gasteiger partial charge is 0.0491 e. The van der Waals surface area contributed by atoms with Gasteiger partial charge in [-0.3, -0.25) is 0 Å². The molecule has 0 unspecified atom stereocenters. The molecule has 8 rings (SSSR count). The predicted octanol–water partition coefficient (Wildman–Crippen LogP) is 15.9. The van der Waals surface area contributed by atoms with E-state index in [4.69, 9.17) is 0 Å². The van der Waals surface area contributed by atoms with Crippen LogP contribution in [0.3, 0.4) is 0 Å². The summed E-state index contributed by atoms with van der Waals surface area (Å²) in [4.78, 5) is 4.83. The van der Waals surface area contributed by atoms with Crippen LogP contribution in [0.25, 0.3) is 32.7 Å². The Morgan fingerprint density at radius 3 is 1.11 bits per heavy atom. The van der Waals surface area contributed by atoms with Crippen molar-refractivity contribution >= 4 is 55.7 Å². The van der Waals surface area contributed by atoms with E-state index in [1.807, 2.05) is 0 Å². The molecule has 56 heavy (non-hydrogen) atoms. The standard InChI is InChI=1S/C54H52N2/c1-5-7-13-41-19-27-49(28-20-41)55(51-31-23-43-15-9-11-17-45(43)37-51)53-33-25-47(35-39(53)3)48-26-34-54(40(4)36-48)56(50-29-21-42(22-30-50)14-8-6-2)52-32-24-44-16-10-12-18-46(44)38-52/h9-12,15-38H,5-8,13-14H2,1-4H3. The van der Waals surface area contributed by atoms with Crippen LogP contribution in [-0.2, 0) is 12.8 Å². The molecule has 0 saturated heterocycles. The van der Waals surface area contributed by atoms with E-state index in [0.717, 1.165) is 24.2 Å². The van der Waals surface area contributed by atoms with Gasteiger partial charge in [0.1, 0.15) is 0 Å². The van der Waals surface area contributed by atoms with Crippen molar-refractivity contribution in [1.82, 2.24) is 0 Å². The fourth-order valence-corrected chi connectivity index (χ4v) is 8.04. The molecule has 0 aliphatic heterocycles. The highest BCUT2D eigenvalue weighted by molar-refractivity contribution is 5.92. The molecule has 0 aromatic heterocycles. The largest absolute Gasteiger partial charge is 0.310 e. The SMILES string of the molecule is CCCCc1ccc(N(c2ccc3ccccc3c2)c2ccc(-c3ccc(N(c4ccc(CCCC)cc4)c4ccc5ccccc5c4)c(C)c3)cc2C)cc1. The minimum Gasteiger partial charge on any atom is -0.310 e. The summed E-state index contributed by atoms with van der Waals surface area (Å²) in [5.41, 5.74) is 14.7. The first-order valence-corrected chi connectivity index (χ1v) is 20.5. The van der Waals surface area contributed by atoms with Gasteiger partial charge in [-0.25, -0.2) is 0 Å². The van der Waals surface area contributed by atoms with Crippen LogP contribution in [0.15, 0.2) is 170 Å². The molecule has 0 spiro atoms. The van der Waals surface area contributed by atoms with Crippen LogP contribution >= 0.6 is 0 Å². The Hall–Kier alpha value is -6.12. The second-order valence-electron chi connectivity index (χ2n) is 15.3. The molecule has 2 nitrogen and oxygen atoms in total. The van der Waals surface area contributed by atoms with Crippen LogP contribution in [0.2, 0.25) is 0 Å². The van der Waals surface area contributed by atoms with E-state index in [1.54, 1.807) is 0 Å². The maximum absolute atomic E-state index is 2.42. The number of anilines is 6. The number of fused-ring (bicyclic) bond motifs is 2. The van der Waals surface area contributed by atoms with Crippen molar-refractivity contribution in [3.05, 3.63) is 192 Å². The van der Waals surface area contributed by atoms with Gasteiger partial charge >= 0.3 is 0 Å². The molecule has 0 N–H and O–H groups in total. The number of hydrogen-bond donors (Lipinski definition) is 0. The van der Waals surface area contributed by atoms with Crippen molar-refractivity contribution in [3.8, 4) is 11.1 Å². The lowest BCUT2D eigenvalue weighted by molar-refractivity contribution is 0.795. The van der Waals surface area contributed by atoms with Gasteiger partial charge in [0, 0.05) is 34.1 Å². The number of unbranched alkanes of at least 4 members (excludes halogenated alkanes) is 2. The van der Waals surface area contributed by atoms with E-state index in [9.17, 15) is 0 Å². The quantitative estimate of drug-likeness (QED) is 0.117. The molecule has 0 saturated carbocycles. The van der Waals surface area contributed by atoms with Gasteiger partial charge < -0.3 is 9.80 Å². The zero-order valence-corrected chi connectivity index (χ0v) is 33.3. The van der Waals surface area contributed by atoms with Crippen molar-refractivity contribution in [2.45, 2.75) is 66.2 Å². The summed E-state index contributed by atoms with van der Waals surface area (Å²) < 4.78 is 0. The van der Waals surface area contributed by atoms with Crippen molar-refractivity contribution in [3.63, 3.8) is 0 Å². The van der Waals surface area contributed by atoms with Crippen LogP contribution in [-0.4, -0.2) is 0 Å². The molecule has 8 aromatic carbocycles. The lowest BCUT2D eigenvalue weighted by Crippen LogP contribution is -2.12. The molecular weight excluding hydrogens is 677 g/mol. The molecule has 278 valence electrons. The Morgan fingerprint density at radius 1 is 0.357 bits per heavy atom. The van der Waals surface area contributed by atoms with Crippen LogP contribution in [0.1, 0.15) is 61.8 Å². The molecule has 8 aromatic rings. The number of nitrogens with zero attached hydrogens (tertiary/aromatic N) is 2. The highest BCUT2D eigenvalue weighted by atomic mass is 15.1. The zero-order chi connectivity index (χ0) is 38.4. The van der Waals surface area contributed by atoms with Crippen LogP contribution < -0.4 is 9.80 Å². The first kappa shape index (κ1) is 36.8. The summed E-state index contributed by atoms with van der Waals surface area (Å²) in [7, 11) is 0. The Balaban J connectivity index is 1.16. The Morgan fingerprint density at radius 2 is 0.732 bits per heavy atom. The third-order valence-electron chi connectivity index (χ3n) is 11.2. The zero-order valence-electron chi connectivity index (χ0n) is 33.3. The predicted molar refractivity (Wildman–Crippen MR) is 243 cm³/mol. The van der Waals surface area contributed by atoms with E-state index in [1.165, 1.54) is 103 Å². The second-order valence-corrected chi connectivity index (χ2v) is 15.3. The van der Waals surface area contributed by atoms with Crippen LogP contribution in [0.5, 0.6) is 0 Å². The molecule has 0 fully saturated rings. The molecule has 2 heteroatoms. The van der Waals surface area contributed by atoms with Crippen molar-refractivity contribution in [2.24, 2.45) is 0 Å². The Labute approximate surface area is 333 Å². The first-order valence-electron chi connectivity index (χ1n) is 20.5. The van der Waals surface area contributed by atoms with E-state index < -0.39 is 0 Å². The summed E-state index contributed by atoms with van der Waals surface area (Å²) >= 11 is 0. The third kappa shape index (κ3) is 7.84. The molecule has 0 radical (unpaired) electrons. The molecule has 0 bridgehead atoms. The van der Waals surface area contributed by atoms with Crippen molar-refractivity contribution in [1.29, 1.82) is 0 Å². The maximum atomic E-state index is 2.42. The van der Waals surface area contributed by atoms with E-state index in [2.05, 4.69) is 207 Å². The first-order chi connectivity index (χ1) is 27.5. The molecule has 0 heterocycles. The van der Waals surface area contributed by atoms with E-state index in [-0.39, 0.29) is 0 Å². The number of aryl methyl sites for hydroxylation is 4. The molecule has 0 atom stereocenters. The normalized spacial score (nSPS) is 11.3. The van der Waals surface area contributed by atoms with E-state index >= 15 is 0 Å². The molecule has 0 amide bonds. The van der Waals surface area contributed by atoms with Gasteiger partial charge in [-0.1, -0.05) is 124 Å². The summed E-state index contributed by atoms with van der Waals surface area (Å²) in [6, 6.07) is 63.1. The van der Waals surface area contributed by atoms with E-state index in [0.29, 0.717) is 0 Å². The minimum absolute atomic E-state index is 1.12. The fourth-order valence-electron chi connectivity index (χ4n) is 8.04. The lowest BCUT2D eigenvalue weighted by atomic mass is 9.98. The van der Waals surface area contributed by atoms with Gasteiger partial charge in [0.2, 0.25) is 0 Å². The molecule has 0 aliphatic rings. The Bertz CT molecular complexity index is 2400.